The van der Waals surface area contributed by atoms with E-state index in [9.17, 15) is 9.59 Å². The van der Waals surface area contributed by atoms with Gasteiger partial charge in [0.05, 0.1) is 34.8 Å². The van der Waals surface area contributed by atoms with Gasteiger partial charge in [-0.1, -0.05) is 13.8 Å². The molecule has 2 aliphatic heterocycles. The standard InChI is InChI=1S/C26H31BrN2O5S/c1-5-33-26(31)19-14-29-20(15(2)3)9-16-10-23(34-8-6-7-32-4)18(25-28-13-24(27)35-25)11-17(16)21(29)12-22(19)30/h10-11,13-15,20-21H,5-9,12H2,1-4H3. The molecule has 0 fully saturated rings. The number of fused-ring (bicyclic) bond motifs is 3. The van der Waals surface area contributed by atoms with Crippen LogP contribution in [0.25, 0.3) is 10.6 Å². The Kier molecular flexibility index (Phi) is 8.29. The van der Waals surface area contributed by atoms with Crippen LogP contribution in [-0.4, -0.2) is 54.6 Å². The monoisotopic (exact) mass is 562 g/mol. The summed E-state index contributed by atoms with van der Waals surface area (Å²) in [6.45, 7) is 7.50. The molecule has 2 unspecified atom stereocenters. The molecule has 7 nitrogen and oxygen atoms in total. The smallest absolute Gasteiger partial charge is 0.343 e. The predicted molar refractivity (Wildman–Crippen MR) is 138 cm³/mol. The fourth-order valence-corrected chi connectivity index (χ4v) is 5.99. The maximum atomic E-state index is 13.0. The van der Waals surface area contributed by atoms with Crippen molar-refractivity contribution < 1.29 is 23.8 Å². The number of aromatic nitrogens is 1. The van der Waals surface area contributed by atoms with Crippen LogP contribution >= 0.6 is 27.3 Å². The Morgan fingerprint density at radius 3 is 2.74 bits per heavy atom. The first-order valence-electron chi connectivity index (χ1n) is 11.9. The minimum Gasteiger partial charge on any atom is -0.493 e. The molecule has 1 aromatic heterocycles. The van der Waals surface area contributed by atoms with Crippen LogP contribution < -0.4 is 4.74 Å². The number of halogens is 1. The Balaban J connectivity index is 1.78. The van der Waals surface area contributed by atoms with Crippen LogP contribution in [-0.2, 0) is 25.5 Å². The van der Waals surface area contributed by atoms with Gasteiger partial charge in [-0.25, -0.2) is 9.78 Å². The summed E-state index contributed by atoms with van der Waals surface area (Å²) < 4.78 is 17.5. The van der Waals surface area contributed by atoms with E-state index in [0.717, 1.165) is 38.5 Å². The molecular weight excluding hydrogens is 532 g/mol. The average molecular weight is 564 g/mol. The lowest BCUT2D eigenvalue weighted by Gasteiger charge is -2.47. The number of hydrogen-bond donors (Lipinski definition) is 0. The molecule has 2 aromatic rings. The molecule has 1 aromatic carbocycles. The van der Waals surface area contributed by atoms with Gasteiger partial charge in [0, 0.05) is 38.8 Å². The molecule has 2 atom stereocenters. The molecule has 9 heteroatoms. The first-order valence-corrected chi connectivity index (χ1v) is 13.5. The minimum atomic E-state index is -0.544. The zero-order valence-electron chi connectivity index (χ0n) is 20.5. The fraction of sp³-hybridized carbons (Fsp3) is 0.500. The highest BCUT2D eigenvalue weighted by Gasteiger charge is 2.41. The number of benzene rings is 1. The molecule has 4 rings (SSSR count). The number of rotatable bonds is 9. The van der Waals surface area contributed by atoms with Gasteiger partial charge in [-0.3, -0.25) is 4.79 Å². The maximum absolute atomic E-state index is 13.0. The predicted octanol–water partition coefficient (Wildman–Crippen LogP) is 5.33. The van der Waals surface area contributed by atoms with Gasteiger partial charge in [0.15, 0.2) is 5.78 Å². The van der Waals surface area contributed by atoms with Crippen molar-refractivity contribution in [2.24, 2.45) is 5.92 Å². The number of methoxy groups -OCH3 is 1. The lowest BCUT2D eigenvalue weighted by Crippen LogP contribution is -2.47. The van der Waals surface area contributed by atoms with E-state index in [1.165, 1.54) is 5.56 Å². The van der Waals surface area contributed by atoms with Crippen molar-refractivity contribution in [3.63, 3.8) is 0 Å². The lowest BCUT2D eigenvalue weighted by atomic mass is 9.79. The van der Waals surface area contributed by atoms with Crippen LogP contribution in [0.3, 0.4) is 0 Å². The van der Waals surface area contributed by atoms with Crippen molar-refractivity contribution in [1.29, 1.82) is 0 Å². The van der Waals surface area contributed by atoms with E-state index in [0.29, 0.717) is 19.1 Å². The molecule has 0 bridgehead atoms. The summed E-state index contributed by atoms with van der Waals surface area (Å²) in [4.78, 5) is 32.3. The van der Waals surface area contributed by atoms with Gasteiger partial charge >= 0.3 is 5.97 Å². The Hall–Kier alpha value is -2.23. The second-order valence-corrected chi connectivity index (χ2v) is 11.5. The highest BCUT2D eigenvalue weighted by molar-refractivity contribution is 9.11. The molecular formula is C26H31BrN2O5S. The number of hydrogen-bond acceptors (Lipinski definition) is 8. The van der Waals surface area contributed by atoms with E-state index in [-0.39, 0.29) is 36.5 Å². The summed E-state index contributed by atoms with van der Waals surface area (Å²) in [5.74, 6) is 0.387. The molecule has 0 amide bonds. The number of nitrogens with zero attached hydrogens (tertiary/aromatic N) is 2. The average Bonchev–Trinajstić information content (AvgIpc) is 3.26. The van der Waals surface area contributed by atoms with Crippen LogP contribution in [0, 0.1) is 5.92 Å². The maximum Gasteiger partial charge on any atom is 0.343 e. The van der Waals surface area contributed by atoms with Gasteiger partial charge in [-0.05, 0) is 58.5 Å². The SMILES string of the molecule is CCOC(=O)C1=CN2C(CC1=O)c1cc(-c3ncc(Br)s3)c(OCCCOC)cc1CC2C(C)C. The summed E-state index contributed by atoms with van der Waals surface area (Å²) in [5, 5.41) is 0.851. The fourth-order valence-electron chi connectivity index (χ4n) is 4.76. The normalized spacial score (nSPS) is 19.3. The molecule has 0 radical (unpaired) electrons. The third kappa shape index (κ3) is 5.47. The van der Waals surface area contributed by atoms with Crippen LogP contribution in [0.1, 0.15) is 50.8 Å². The number of ether oxygens (including phenoxy) is 3. The molecule has 188 valence electrons. The zero-order valence-corrected chi connectivity index (χ0v) is 22.9. The van der Waals surface area contributed by atoms with Crippen molar-refractivity contribution in [3.05, 3.63) is 45.0 Å². The number of esters is 1. The largest absolute Gasteiger partial charge is 0.493 e. The van der Waals surface area contributed by atoms with E-state index in [2.05, 4.69) is 51.8 Å². The Labute approximate surface area is 218 Å². The van der Waals surface area contributed by atoms with E-state index in [1.807, 2.05) is 0 Å². The minimum absolute atomic E-state index is 0.138. The van der Waals surface area contributed by atoms with E-state index < -0.39 is 5.97 Å². The van der Waals surface area contributed by atoms with Crippen molar-refractivity contribution in [1.82, 2.24) is 9.88 Å². The number of ketones is 1. The molecule has 0 N–H and O–H groups in total. The zero-order chi connectivity index (χ0) is 25.1. The van der Waals surface area contributed by atoms with E-state index in [4.69, 9.17) is 14.2 Å². The van der Waals surface area contributed by atoms with Gasteiger partial charge in [0.25, 0.3) is 0 Å². The van der Waals surface area contributed by atoms with Crippen LogP contribution in [0.2, 0.25) is 0 Å². The van der Waals surface area contributed by atoms with Crippen molar-refractivity contribution in [2.45, 2.75) is 52.1 Å². The topological polar surface area (TPSA) is 78.0 Å². The van der Waals surface area contributed by atoms with Gasteiger partial charge in [-0.2, -0.15) is 0 Å². The molecule has 0 saturated carbocycles. The van der Waals surface area contributed by atoms with Crippen LogP contribution in [0.5, 0.6) is 5.75 Å². The van der Waals surface area contributed by atoms with Crippen LogP contribution in [0.15, 0.2) is 33.9 Å². The molecule has 2 aliphatic rings. The molecule has 3 heterocycles. The Morgan fingerprint density at radius 2 is 2.09 bits per heavy atom. The highest BCUT2D eigenvalue weighted by atomic mass is 79.9. The van der Waals surface area contributed by atoms with E-state index in [1.54, 1.807) is 37.8 Å². The van der Waals surface area contributed by atoms with Gasteiger partial charge < -0.3 is 19.1 Å². The van der Waals surface area contributed by atoms with E-state index >= 15 is 0 Å². The first-order chi connectivity index (χ1) is 16.8. The van der Waals surface area contributed by atoms with Crippen molar-refractivity contribution in [3.8, 4) is 16.3 Å². The summed E-state index contributed by atoms with van der Waals surface area (Å²) in [5.41, 5.74) is 3.30. The molecule has 0 saturated heterocycles. The second kappa shape index (κ2) is 11.2. The van der Waals surface area contributed by atoms with Crippen LogP contribution in [0.4, 0.5) is 0 Å². The quantitative estimate of drug-likeness (QED) is 0.232. The summed E-state index contributed by atoms with van der Waals surface area (Å²) >= 11 is 5.06. The van der Waals surface area contributed by atoms with Crippen molar-refractivity contribution in [2.75, 3.05) is 26.9 Å². The molecule has 0 spiro atoms. The number of carbonyl (C=O) groups excluding carboxylic acids is 2. The second-order valence-electron chi connectivity index (χ2n) is 9.08. The lowest BCUT2D eigenvalue weighted by molar-refractivity contribution is -0.140. The number of thiazole rings is 1. The Bertz CT molecular complexity index is 1130. The molecule has 0 aliphatic carbocycles. The summed E-state index contributed by atoms with van der Waals surface area (Å²) in [6.07, 6.45) is 5.33. The van der Waals surface area contributed by atoms with Gasteiger partial charge in [0.1, 0.15) is 16.3 Å². The van der Waals surface area contributed by atoms with Crippen molar-refractivity contribution >= 4 is 39.0 Å². The number of Topliss-reactive ketones (excluding diaryl/α,β-unsaturated/α-hetero) is 1. The third-order valence-corrected chi connectivity index (χ3v) is 7.96. The van der Waals surface area contributed by atoms with Gasteiger partial charge in [-0.15, -0.1) is 11.3 Å². The third-order valence-electron chi connectivity index (χ3n) is 6.45. The Morgan fingerprint density at radius 1 is 1.29 bits per heavy atom. The first kappa shape index (κ1) is 25.9. The van der Waals surface area contributed by atoms with Gasteiger partial charge in [0.2, 0.25) is 0 Å². The summed E-state index contributed by atoms with van der Waals surface area (Å²) in [6, 6.07) is 4.23. The highest BCUT2D eigenvalue weighted by Crippen LogP contribution is 2.46. The number of carbonyl (C=O) groups is 2. The molecule has 35 heavy (non-hydrogen) atoms. The summed E-state index contributed by atoms with van der Waals surface area (Å²) in [7, 11) is 1.68.